The van der Waals surface area contributed by atoms with Gasteiger partial charge in [0.05, 0.1) is 0 Å². The van der Waals surface area contributed by atoms with Crippen molar-refractivity contribution in [2.75, 3.05) is 13.2 Å². The summed E-state index contributed by atoms with van der Waals surface area (Å²) in [5.74, 6) is -0.852. The molecule has 6 heteroatoms. The van der Waals surface area contributed by atoms with E-state index in [-0.39, 0.29) is 31.1 Å². The molecule has 0 aliphatic heterocycles. The molecule has 1 unspecified atom stereocenters. The van der Waals surface area contributed by atoms with Gasteiger partial charge < -0.3 is 14.2 Å². The molecule has 0 aliphatic carbocycles. The van der Waals surface area contributed by atoms with Crippen LogP contribution < -0.4 is 0 Å². The Balaban J connectivity index is 4.00. The van der Waals surface area contributed by atoms with Crippen LogP contribution in [0, 0.1) is 0 Å². The monoisotopic (exact) mass is 1010 g/mol. The van der Waals surface area contributed by atoms with Crippen LogP contribution in [0.25, 0.3) is 0 Å². The van der Waals surface area contributed by atoms with E-state index in [1.807, 2.05) is 0 Å². The Labute approximate surface area is 448 Å². The van der Waals surface area contributed by atoms with Crippen LogP contribution in [-0.2, 0) is 28.6 Å². The first kappa shape index (κ1) is 69.4. The summed E-state index contributed by atoms with van der Waals surface area (Å²) in [5.41, 5.74) is 0. The lowest BCUT2D eigenvalue weighted by atomic mass is 10.0. The first-order valence-corrected chi connectivity index (χ1v) is 31.6. The second-order valence-electron chi connectivity index (χ2n) is 21.3. The first-order chi connectivity index (χ1) is 35.5. The highest BCUT2D eigenvalue weighted by Gasteiger charge is 2.19. The minimum absolute atomic E-state index is 0.0666. The summed E-state index contributed by atoms with van der Waals surface area (Å²) in [6, 6.07) is 0. The van der Waals surface area contributed by atoms with Crippen LogP contribution in [0.4, 0.5) is 0 Å². The minimum atomic E-state index is -0.765. The van der Waals surface area contributed by atoms with Gasteiger partial charge in [0, 0.05) is 19.3 Å². The van der Waals surface area contributed by atoms with E-state index in [1.54, 1.807) is 0 Å². The number of allylic oxidation sites excluding steroid dienone is 8. The number of carbonyl (C=O) groups excluding carboxylic acids is 3. The van der Waals surface area contributed by atoms with Crippen LogP contribution in [0.15, 0.2) is 48.6 Å². The molecule has 0 aliphatic rings. The lowest BCUT2D eigenvalue weighted by molar-refractivity contribution is -0.167. The molecule has 0 saturated heterocycles. The molecule has 0 bridgehead atoms. The normalized spacial score (nSPS) is 12.3. The third kappa shape index (κ3) is 58.3. The average molecular weight is 1010 g/mol. The van der Waals surface area contributed by atoms with Gasteiger partial charge in [0.2, 0.25) is 0 Å². The van der Waals surface area contributed by atoms with Crippen molar-refractivity contribution >= 4 is 17.9 Å². The predicted molar refractivity (Wildman–Crippen MR) is 312 cm³/mol. The van der Waals surface area contributed by atoms with Gasteiger partial charge in [0.1, 0.15) is 13.2 Å². The maximum Gasteiger partial charge on any atom is 0.306 e. The van der Waals surface area contributed by atoms with Crippen LogP contribution in [0.1, 0.15) is 335 Å². The number of ether oxygens (including phenoxy) is 3. The average Bonchev–Trinajstić information content (AvgIpc) is 3.38. The fourth-order valence-electron chi connectivity index (χ4n) is 9.38. The lowest BCUT2D eigenvalue weighted by Crippen LogP contribution is -2.30. The third-order valence-corrected chi connectivity index (χ3v) is 14.1. The Bertz CT molecular complexity index is 1250. The zero-order valence-electron chi connectivity index (χ0n) is 48.2. The molecule has 0 fully saturated rings. The molecule has 0 spiro atoms. The van der Waals surface area contributed by atoms with Crippen molar-refractivity contribution in [1.82, 2.24) is 0 Å². The van der Waals surface area contributed by atoms with Gasteiger partial charge in [-0.1, -0.05) is 307 Å². The van der Waals surface area contributed by atoms with Crippen molar-refractivity contribution in [3.8, 4) is 0 Å². The van der Waals surface area contributed by atoms with E-state index in [1.165, 1.54) is 212 Å². The summed E-state index contributed by atoms with van der Waals surface area (Å²) in [4.78, 5) is 38.0. The molecule has 0 radical (unpaired) electrons. The van der Waals surface area contributed by atoms with E-state index in [4.69, 9.17) is 14.2 Å². The summed E-state index contributed by atoms with van der Waals surface area (Å²) < 4.78 is 16.8. The molecular weight excluding hydrogens is 889 g/mol. The van der Waals surface area contributed by atoms with Crippen molar-refractivity contribution in [2.45, 2.75) is 341 Å². The molecule has 6 nitrogen and oxygen atoms in total. The second kappa shape index (κ2) is 60.9. The Morgan fingerprint density at radius 1 is 0.292 bits per heavy atom. The number of carbonyl (C=O) groups is 3. The molecule has 0 aromatic carbocycles. The Kier molecular flexibility index (Phi) is 58.7. The third-order valence-electron chi connectivity index (χ3n) is 14.1. The molecule has 1 atom stereocenters. The summed E-state index contributed by atoms with van der Waals surface area (Å²) in [6.45, 7) is 6.53. The molecule has 0 saturated carbocycles. The number of hydrogen-bond acceptors (Lipinski definition) is 6. The molecule has 0 aromatic rings. The number of unbranched alkanes of at least 4 members (excludes halogenated alkanes) is 39. The molecule has 0 heterocycles. The van der Waals surface area contributed by atoms with Crippen LogP contribution >= 0.6 is 0 Å². The van der Waals surface area contributed by atoms with Gasteiger partial charge in [-0.25, -0.2) is 0 Å². The summed E-state index contributed by atoms with van der Waals surface area (Å²) in [7, 11) is 0. The maximum absolute atomic E-state index is 12.8. The van der Waals surface area contributed by atoms with Gasteiger partial charge >= 0.3 is 17.9 Å². The number of esters is 3. The summed E-state index contributed by atoms with van der Waals surface area (Å²) >= 11 is 0. The zero-order valence-corrected chi connectivity index (χ0v) is 48.2. The second-order valence-corrected chi connectivity index (χ2v) is 21.3. The van der Waals surface area contributed by atoms with E-state index in [9.17, 15) is 14.4 Å². The topological polar surface area (TPSA) is 78.9 Å². The molecule has 0 amide bonds. The molecule has 0 N–H and O–H groups in total. The van der Waals surface area contributed by atoms with Crippen LogP contribution in [0.2, 0.25) is 0 Å². The summed E-state index contributed by atoms with van der Waals surface area (Å²) in [5, 5.41) is 0. The van der Waals surface area contributed by atoms with E-state index in [0.29, 0.717) is 19.3 Å². The smallest absolute Gasteiger partial charge is 0.306 e. The SMILES string of the molecule is CC/C=C\C/C=C\C/C=C\C/C=C\CCCCCCCCCCCCCCCCCCCCC(=O)OCC(COC(=O)CCCCCCCCC)OC(=O)CCCCCCCCCCCCCCCCCC. The highest BCUT2D eigenvalue weighted by Crippen LogP contribution is 2.18. The lowest BCUT2D eigenvalue weighted by Gasteiger charge is -2.18. The van der Waals surface area contributed by atoms with Crippen molar-refractivity contribution in [1.29, 1.82) is 0 Å². The van der Waals surface area contributed by atoms with Crippen LogP contribution in [-0.4, -0.2) is 37.2 Å². The molecule has 0 rings (SSSR count). The molecule has 420 valence electrons. The summed E-state index contributed by atoms with van der Waals surface area (Å²) in [6.07, 6.45) is 75.8. The predicted octanol–water partition coefficient (Wildman–Crippen LogP) is 21.4. The molecular formula is C66H120O6. The Hall–Kier alpha value is -2.63. The molecule has 0 aromatic heterocycles. The fourth-order valence-corrected chi connectivity index (χ4v) is 9.38. The quantitative estimate of drug-likeness (QED) is 0.0261. The van der Waals surface area contributed by atoms with Gasteiger partial charge in [-0.15, -0.1) is 0 Å². The van der Waals surface area contributed by atoms with Crippen LogP contribution in [0.5, 0.6) is 0 Å². The number of rotatable bonds is 58. The van der Waals surface area contributed by atoms with E-state index >= 15 is 0 Å². The Morgan fingerprint density at radius 3 is 0.847 bits per heavy atom. The van der Waals surface area contributed by atoms with Gasteiger partial charge in [0.15, 0.2) is 6.10 Å². The van der Waals surface area contributed by atoms with Gasteiger partial charge in [-0.3, -0.25) is 14.4 Å². The van der Waals surface area contributed by atoms with Gasteiger partial charge in [-0.05, 0) is 57.8 Å². The standard InChI is InChI=1S/C66H120O6/c1-4-7-10-13-16-18-20-22-24-26-27-28-29-30-31-32-33-34-35-36-37-38-39-40-42-43-45-47-50-53-56-59-65(68)71-62-63(61-70-64(67)58-55-52-49-15-12-9-6-3)72-66(69)60-57-54-51-48-46-44-41-25-23-21-19-17-14-11-8-5-2/h7,10,16,18,22,24,27-28,63H,4-6,8-9,11-15,17,19-21,23,25-26,29-62H2,1-3H3/b10-7-,18-16-,24-22-,28-27-. The van der Waals surface area contributed by atoms with Crippen molar-refractivity contribution in [2.24, 2.45) is 0 Å². The van der Waals surface area contributed by atoms with E-state index in [2.05, 4.69) is 69.4 Å². The number of hydrogen-bond donors (Lipinski definition) is 0. The Morgan fingerprint density at radius 2 is 0.542 bits per heavy atom. The highest BCUT2D eigenvalue weighted by molar-refractivity contribution is 5.71. The zero-order chi connectivity index (χ0) is 52.2. The fraction of sp³-hybridized carbons (Fsp3) is 0.833. The molecule has 72 heavy (non-hydrogen) atoms. The maximum atomic E-state index is 12.8. The first-order valence-electron chi connectivity index (χ1n) is 31.6. The van der Waals surface area contributed by atoms with Crippen molar-refractivity contribution in [3.05, 3.63) is 48.6 Å². The van der Waals surface area contributed by atoms with Crippen molar-refractivity contribution in [3.63, 3.8) is 0 Å². The van der Waals surface area contributed by atoms with Crippen molar-refractivity contribution < 1.29 is 28.6 Å². The van der Waals surface area contributed by atoms with Gasteiger partial charge in [-0.2, -0.15) is 0 Å². The van der Waals surface area contributed by atoms with E-state index < -0.39 is 6.10 Å². The minimum Gasteiger partial charge on any atom is -0.462 e. The van der Waals surface area contributed by atoms with Crippen LogP contribution in [0.3, 0.4) is 0 Å². The van der Waals surface area contributed by atoms with Gasteiger partial charge in [0.25, 0.3) is 0 Å². The largest absolute Gasteiger partial charge is 0.462 e. The highest BCUT2D eigenvalue weighted by atomic mass is 16.6. The van der Waals surface area contributed by atoms with E-state index in [0.717, 1.165) is 83.5 Å².